The first-order chi connectivity index (χ1) is 10.1. The number of ether oxygens (including phenoxy) is 1. The van der Waals surface area contributed by atoms with Crippen LogP contribution in [0.2, 0.25) is 0 Å². The highest BCUT2D eigenvalue weighted by molar-refractivity contribution is 5.57. The van der Waals surface area contributed by atoms with Gasteiger partial charge in [0.25, 0.3) is 0 Å². The van der Waals surface area contributed by atoms with Gasteiger partial charge in [-0.25, -0.2) is 0 Å². The Bertz CT molecular complexity index is 486. The number of para-hydroxylation sites is 1. The second kappa shape index (κ2) is 5.98. The lowest BCUT2D eigenvalue weighted by Crippen LogP contribution is -2.61. The summed E-state index contributed by atoms with van der Waals surface area (Å²) in [6, 6.07) is 9.30. The van der Waals surface area contributed by atoms with Crippen LogP contribution in [0.1, 0.15) is 45.1 Å². The van der Waals surface area contributed by atoms with Crippen LogP contribution in [0.25, 0.3) is 0 Å². The normalized spacial score (nSPS) is 29.6. The van der Waals surface area contributed by atoms with Crippen LogP contribution >= 0.6 is 0 Å². The number of hydrogen-bond donors (Lipinski definition) is 2. The lowest BCUT2D eigenvalue weighted by Gasteiger charge is -2.52. The van der Waals surface area contributed by atoms with Gasteiger partial charge in [0.15, 0.2) is 0 Å². The Morgan fingerprint density at radius 2 is 2.14 bits per heavy atom. The number of fused-ring (bicyclic) bond motifs is 1. The van der Waals surface area contributed by atoms with Crippen LogP contribution < -0.4 is 10.6 Å². The zero-order chi connectivity index (χ0) is 14.9. The van der Waals surface area contributed by atoms with E-state index < -0.39 is 0 Å². The topological polar surface area (TPSA) is 33.3 Å². The summed E-state index contributed by atoms with van der Waals surface area (Å²) in [5.74, 6) is 0.652. The van der Waals surface area contributed by atoms with Crippen molar-refractivity contribution in [1.29, 1.82) is 0 Å². The van der Waals surface area contributed by atoms with Gasteiger partial charge in [-0.2, -0.15) is 0 Å². The summed E-state index contributed by atoms with van der Waals surface area (Å²) >= 11 is 0. The maximum Gasteiger partial charge on any atom is 0.0655 e. The fourth-order valence-electron chi connectivity index (χ4n) is 3.76. The number of benzene rings is 1. The smallest absolute Gasteiger partial charge is 0.0655 e. The predicted molar refractivity (Wildman–Crippen MR) is 87.9 cm³/mol. The summed E-state index contributed by atoms with van der Waals surface area (Å²) < 4.78 is 5.80. The van der Waals surface area contributed by atoms with Gasteiger partial charge >= 0.3 is 0 Å². The molecule has 0 spiro atoms. The zero-order valence-corrected chi connectivity index (χ0v) is 13.5. The van der Waals surface area contributed by atoms with Gasteiger partial charge in [0, 0.05) is 36.2 Å². The number of hydrogen-bond acceptors (Lipinski definition) is 3. The first-order valence-corrected chi connectivity index (χ1v) is 8.30. The molecule has 1 aromatic carbocycles. The molecule has 1 heterocycles. The van der Waals surface area contributed by atoms with E-state index in [1.165, 1.54) is 17.7 Å². The van der Waals surface area contributed by atoms with Crippen molar-refractivity contribution in [3.63, 3.8) is 0 Å². The van der Waals surface area contributed by atoms with Gasteiger partial charge in [0.05, 0.1) is 6.10 Å². The largest absolute Gasteiger partial charge is 0.384 e. The minimum atomic E-state index is 0.266. The Morgan fingerprint density at radius 1 is 1.33 bits per heavy atom. The molecule has 0 bridgehead atoms. The fourth-order valence-corrected chi connectivity index (χ4v) is 3.76. The number of anilines is 1. The standard InChI is InChI=1S/C18H28N2O/c1-4-21-17-11-16(18(17,2)3)19-10-9-13-12-20-15-8-6-5-7-14(13)15/h5-8,13,16-17,19-20H,4,9-12H2,1-3H3. The second-order valence-electron chi connectivity index (χ2n) is 6.96. The average molecular weight is 288 g/mol. The molecule has 3 atom stereocenters. The molecule has 3 heteroatoms. The van der Waals surface area contributed by atoms with E-state index >= 15 is 0 Å². The van der Waals surface area contributed by atoms with Crippen molar-refractivity contribution < 1.29 is 4.74 Å². The summed E-state index contributed by atoms with van der Waals surface area (Å²) in [6.45, 7) is 9.72. The van der Waals surface area contributed by atoms with Gasteiger partial charge in [0.2, 0.25) is 0 Å². The quantitative estimate of drug-likeness (QED) is 0.842. The number of rotatable bonds is 6. The Balaban J connectivity index is 1.46. The molecule has 0 radical (unpaired) electrons. The van der Waals surface area contributed by atoms with Crippen LogP contribution in [0, 0.1) is 5.41 Å². The highest BCUT2D eigenvalue weighted by Crippen LogP contribution is 2.43. The van der Waals surface area contributed by atoms with E-state index in [-0.39, 0.29) is 5.41 Å². The van der Waals surface area contributed by atoms with Crippen LogP contribution in [-0.4, -0.2) is 31.8 Å². The molecule has 3 unspecified atom stereocenters. The molecular weight excluding hydrogens is 260 g/mol. The molecule has 1 saturated carbocycles. The van der Waals surface area contributed by atoms with Gasteiger partial charge in [-0.15, -0.1) is 0 Å². The highest BCUT2D eigenvalue weighted by Gasteiger charge is 2.48. The molecule has 3 nitrogen and oxygen atoms in total. The third-order valence-corrected chi connectivity index (χ3v) is 5.37. The van der Waals surface area contributed by atoms with Crippen molar-refractivity contribution in [3.8, 4) is 0 Å². The Kier molecular flexibility index (Phi) is 4.23. The molecule has 0 aromatic heterocycles. The van der Waals surface area contributed by atoms with E-state index in [0.29, 0.717) is 18.1 Å². The minimum Gasteiger partial charge on any atom is -0.384 e. The van der Waals surface area contributed by atoms with E-state index in [2.05, 4.69) is 55.7 Å². The molecule has 116 valence electrons. The Labute approximate surface area is 128 Å². The van der Waals surface area contributed by atoms with Crippen molar-refractivity contribution in [2.45, 2.75) is 51.7 Å². The molecule has 0 amide bonds. The van der Waals surface area contributed by atoms with E-state index in [1.54, 1.807) is 0 Å². The Hall–Kier alpha value is -1.06. The molecule has 3 rings (SSSR count). The van der Waals surface area contributed by atoms with Crippen molar-refractivity contribution in [2.24, 2.45) is 5.41 Å². The summed E-state index contributed by atoms with van der Waals surface area (Å²) in [7, 11) is 0. The summed E-state index contributed by atoms with van der Waals surface area (Å²) in [5, 5.41) is 7.26. The van der Waals surface area contributed by atoms with Crippen molar-refractivity contribution in [3.05, 3.63) is 29.8 Å². The van der Waals surface area contributed by atoms with Crippen LogP contribution in [0.5, 0.6) is 0 Å². The van der Waals surface area contributed by atoms with Crippen molar-refractivity contribution >= 4 is 5.69 Å². The van der Waals surface area contributed by atoms with Crippen LogP contribution in [0.4, 0.5) is 5.69 Å². The lowest BCUT2D eigenvalue weighted by atomic mass is 9.64. The number of nitrogens with one attached hydrogen (secondary N) is 2. The van der Waals surface area contributed by atoms with Crippen molar-refractivity contribution in [1.82, 2.24) is 5.32 Å². The first-order valence-electron chi connectivity index (χ1n) is 8.30. The lowest BCUT2D eigenvalue weighted by molar-refractivity contribution is -0.114. The molecule has 1 fully saturated rings. The van der Waals surface area contributed by atoms with Gasteiger partial charge in [-0.3, -0.25) is 0 Å². The van der Waals surface area contributed by atoms with Gasteiger partial charge in [-0.05, 0) is 37.9 Å². The monoisotopic (exact) mass is 288 g/mol. The molecule has 21 heavy (non-hydrogen) atoms. The Morgan fingerprint density at radius 3 is 2.90 bits per heavy atom. The summed E-state index contributed by atoms with van der Waals surface area (Å²) in [6.07, 6.45) is 2.78. The molecule has 2 aliphatic rings. The van der Waals surface area contributed by atoms with Gasteiger partial charge < -0.3 is 15.4 Å². The summed E-state index contributed by atoms with van der Waals surface area (Å²) in [5.41, 5.74) is 3.07. The average Bonchev–Trinajstić information content (AvgIpc) is 2.89. The van der Waals surface area contributed by atoms with E-state index in [9.17, 15) is 0 Å². The fraction of sp³-hybridized carbons (Fsp3) is 0.667. The SMILES string of the molecule is CCOC1CC(NCCC2CNc3ccccc32)C1(C)C. The molecule has 1 aromatic rings. The van der Waals surface area contributed by atoms with Crippen LogP contribution in [-0.2, 0) is 4.74 Å². The zero-order valence-electron chi connectivity index (χ0n) is 13.5. The van der Waals surface area contributed by atoms with Gasteiger partial charge in [-0.1, -0.05) is 32.0 Å². The van der Waals surface area contributed by atoms with E-state index in [1.807, 2.05) is 0 Å². The third-order valence-electron chi connectivity index (χ3n) is 5.37. The molecule has 0 saturated heterocycles. The third kappa shape index (κ3) is 2.82. The maximum atomic E-state index is 5.80. The van der Waals surface area contributed by atoms with Crippen LogP contribution in [0.3, 0.4) is 0 Å². The molecule has 2 N–H and O–H groups in total. The highest BCUT2D eigenvalue weighted by atomic mass is 16.5. The van der Waals surface area contributed by atoms with Gasteiger partial charge in [0.1, 0.15) is 0 Å². The second-order valence-corrected chi connectivity index (χ2v) is 6.96. The van der Waals surface area contributed by atoms with Crippen LogP contribution in [0.15, 0.2) is 24.3 Å². The van der Waals surface area contributed by atoms with Crippen molar-refractivity contribution in [2.75, 3.05) is 25.0 Å². The van der Waals surface area contributed by atoms with E-state index in [0.717, 1.165) is 26.1 Å². The van der Waals surface area contributed by atoms with E-state index in [4.69, 9.17) is 4.74 Å². The molecule has 1 aliphatic carbocycles. The first kappa shape index (κ1) is 14.9. The minimum absolute atomic E-state index is 0.266. The molecule has 1 aliphatic heterocycles. The predicted octanol–water partition coefficient (Wildman–Crippen LogP) is 3.38. The maximum absolute atomic E-state index is 5.80. The molecular formula is C18H28N2O. The summed E-state index contributed by atoms with van der Waals surface area (Å²) in [4.78, 5) is 0.